The lowest BCUT2D eigenvalue weighted by Crippen LogP contribution is -2.14. The number of alkyl halides is 3. The number of aromatic hydroxyl groups is 1. The lowest BCUT2D eigenvalue weighted by Gasteiger charge is -2.14. The molecule has 154 valence electrons. The number of phenols is 1. The predicted octanol–water partition coefficient (Wildman–Crippen LogP) is 5.68. The molecule has 3 aromatic carbocycles. The largest absolute Gasteiger partial charge is 0.507 e. The second-order valence-corrected chi connectivity index (χ2v) is 6.73. The van der Waals surface area contributed by atoms with Crippen LogP contribution in [0.1, 0.15) is 26.3 Å². The maximum atomic E-state index is 13.4. The monoisotopic (exact) mass is 435 g/mol. The smallest absolute Gasteiger partial charge is 0.416 e. The number of hydrogen-bond acceptors (Lipinski definition) is 3. The molecule has 3 rings (SSSR count). The van der Waals surface area contributed by atoms with Crippen LogP contribution in [0.4, 0.5) is 18.9 Å². The first-order valence-corrected chi connectivity index (χ1v) is 8.78. The summed E-state index contributed by atoms with van der Waals surface area (Å²) in [7, 11) is 0. The predicted molar refractivity (Wildman–Crippen MR) is 105 cm³/mol. The number of hydrogen-bond donors (Lipinski definition) is 3. The molecule has 5 nitrogen and oxygen atoms in total. The Kier molecular flexibility index (Phi) is 5.71. The molecule has 9 heteroatoms. The Balaban J connectivity index is 2.02. The van der Waals surface area contributed by atoms with Gasteiger partial charge in [0.25, 0.3) is 5.91 Å². The normalized spacial score (nSPS) is 11.2. The number of carbonyl (C=O) groups is 2. The summed E-state index contributed by atoms with van der Waals surface area (Å²) in [6.07, 6.45) is -4.69. The number of nitrogens with one attached hydrogen (secondary N) is 1. The van der Waals surface area contributed by atoms with Crippen molar-refractivity contribution in [2.45, 2.75) is 6.18 Å². The van der Waals surface area contributed by atoms with Crippen molar-refractivity contribution in [2.75, 3.05) is 5.32 Å². The van der Waals surface area contributed by atoms with Crippen molar-refractivity contribution in [1.29, 1.82) is 0 Å². The summed E-state index contributed by atoms with van der Waals surface area (Å²) in [5, 5.41) is 21.3. The molecule has 0 bridgehead atoms. The molecule has 0 unspecified atom stereocenters. The molecule has 0 aliphatic rings. The van der Waals surface area contributed by atoms with E-state index in [1.165, 1.54) is 48.5 Å². The van der Waals surface area contributed by atoms with Crippen LogP contribution in [-0.4, -0.2) is 22.1 Å². The highest BCUT2D eigenvalue weighted by Crippen LogP contribution is 2.35. The SMILES string of the molecule is O=C(O)c1ccc(-c2cc(NC(=O)c3cc(Cl)ccc3O)cc(C(F)(F)F)c2)cc1. The van der Waals surface area contributed by atoms with E-state index in [9.17, 15) is 27.9 Å². The summed E-state index contributed by atoms with van der Waals surface area (Å²) in [5.74, 6) is -2.39. The number of benzene rings is 3. The van der Waals surface area contributed by atoms with Gasteiger partial charge in [0.1, 0.15) is 5.75 Å². The highest BCUT2D eigenvalue weighted by atomic mass is 35.5. The van der Waals surface area contributed by atoms with Gasteiger partial charge < -0.3 is 15.5 Å². The quantitative estimate of drug-likeness (QED) is 0.492. The number of halogens is 4. The standard InChI is InChI=1S/C21H13ClF3NO4/c22-15-5-6-18(27)17(10-15)19(28)26-16-8-13(7-14(9-16)21(23,24)25)11-1-3-12(4-2-11)20(29)30/h1-10,27H,(H,26,28)(H,29,30). The van der Waals surface area contributed by atoms with Crippen LogP contribution >= 0.6 is 11.6 Å². The number of carboxylic acids is 1. The van der Waals surface area contributed by atoms with Crippen molar-refractivity contribution >= 4 is 29.2 Å². The Bertz CT molecular complexity index is 1130. The van der Waals surface area contributed by atoms with E-state index >= 15 is 0 Å². The van der Waals surface area contributed by atoms with Crippen LogP contribution in [0.5, 0.6) is 5.75 Å². The highest BCUT2D eigenvalue weighted by Gasteiger charge is 2.31. The third-order valence-corrected chi connectivity index (χ3v) is 4.42. The van der Waals surface area contributed by atoms with E-state index in [0.717, 1.165) is 12.1 Å². The van der Waals surface area contributed by atoms with Crippen LogP contribution in [-0.2, 0) is 6.18 Å². The summed E-state index contributed by atoms with van der Waals surface area (Å²) >= 11 is 5.81. The summed E-state index contributed by atoms with van der Waals surface area (Å²) < 4.78 is 40.1. The first-order chi connectivity index (χ1) is 14.0. The van der Waals surface area contributed by atoms with Crippen LogP contribution in [0.15, 0.2) is 60.7 Å². The van der Waals surface area contributed by atoms with Crippen LogP contribution in [0.3, 0.4) is 0 Å². The average molecular weight is 436 g/mol. The number of aromatic carboxylic acids is 1. The maximum absolute atomic E-state index is 13.4. The van der Waals surface area contributed by atoms with Gasteiger partial charge in [0.05, 0.1) is 16.7 Å². The van der Waals surface area contributed by atoms with Gasteiger partial charge in [-0.15, -0.1) is 0 Å². The van der Waals surface area contributed by atoms with Gasteiger partial charge >= 0.3 is 12.1 Å². The molecule has 0 saturated heterocycles. The van der Waals surface area contributed by atoms with E-state index in [4.69, 9.17) is 16.7 Å². The zero-order valence-corrected chi connectivity index (χ0v) is 15.8. The molecule has 0 fully saturated rings. The van der Waals surface area contributed by atoms with Gasteiger partial charge in [-0.25, -0.2) is 4.79 Å². The average Bonchev–Trinajstić information content (AvgIpc) is 2.69. The molecule has 0 heterocycles. The van der Waals surface area contributed by atoms with Gasteiger partial charge in [-0.2, -0.15) is 13.2 Å². The van der Waals surface area contributed by atoms with Gasteiger partial charge in [-0.05, 0) is 59.7 Å². The number of carbonyl (C=O) groups excluding carboxylic acids is 1. The van der Waals surface area contributed by atoms with Crippen LogP contribution in [0.25, 0.3) is 11.1 Å². The van der Waals surface area contributed by atoms with Crippen molar-refractivity contribution in [1.82, 2.24) is 0 Å². The summed E-state index contributed by atoms with van der Waals surface area (Å²) in [5.41, 5.74) is -0.943. The third kappa shape index (κ3) is 4.72. The molecule has 0 saturated carbocycles. The van der Waals surface area contributed by atoms with Gasteiger partial charge in [0.15, 0.2) is 0 Å². The lowest BCUT2D eigenvalue weighted by molar-refractivity contribution is -0.137. The van der Waals surface area contributed by atoms with E-state index in [2.05, 4.69) is 5.32 Å². The molecule has 3 N–H and O–H groups in total. The van der Waals surface area contributed by atoms with Gasteiger partial charge in [-0.3, -0.25) is 4.79 Å². The van der Waals surface area contributed by atoms with Crippen molar-refractivity contribution in [2.24, 2.45) is 0 Å². The second-order valence-electron chi connectivity index (χ2n) is 6.29. The Hall–Kier alpha value is -3.52. The molecular weight excluding hydrogens is 423 g/mol. The van der Waals surface area contributed by atoms with E-state index in [1.54, 1.807) is 0 Å². The van der Waals surface area contributed by atoms with E-state index in [1.807, 2.05) is 0 Å². The number of phenolic OH excluding ortho intramolecular Hbond substituents is 1. The zero-order chi connectivity index (χ0) is 22.1. The summed E-state index contributed by atoms with van der Waals surface area (Å²) in [4.78, 5) is 23.4. The minimum absolute atomic E-state index is 0.0179. The second kappa shape index (κ2) is 8.08. The van der Waals surface area contributed by atoms with Crippen molar-refractivity contribution < 1.29 is 33.0 Å². The summed E-state index contributed by atoms with van der Waals surface area (Å²) in [6, 6.07) is 12.0. The maximum Gasteiger partial charge on any atom is 0.416 e. The number of carboxylic acid groups (broad SMARTS) is 1. The molecule has 0 aliphatic heterocycles. The summed E-state index contributed by atoms with van der Waals surface area (Å²) in [6.45, 7) is 0. The Morgan fingerprint density at radius 3 is 2.17 bits per heavy atom. The number of anilines is 1. The molecule has 0 atom stereocenters. The fourth-order valence-electron chi connectivity index (χ4n) is 2.72. The van der Waals surface area contributed by atoms with Crippen LogP contribution < -0.4 is 5.32 Å². The van der Waals surface area contributed by atoms with Gasteiger partial charge in [0, 0.05) is 10.7 Å². The van der Waals surface area contributed by atoms with Crippen LogP contribution in [0.2, 0.25) is 5.02 Å². The molecule has 0 aromatic heterocycles. The Morgan fingerprint density at radius 2 is 1.57 bits per heavy atom. The fraction of sp³-hybridized carbons (Fsp3) is 0.0476. The highest BCUT2D eigenvalue weighted by molar-refractivity contribution is 6.31. The van der Waals surface area contributed by atoms with Crippen LogP contribution in [0, 0.1) is 0 Å². The Morgan fingerprint density at radius 1 is 0.900 bits per heavy atom. The molecule has 1 amide bonds. The number of rotatable bonds is 4. The lowest BCUT2D eigenvalue weighted by atomic mass is 10.0. The zero-order valence-electron chi connectivity index (χ0n) is 15.0. The molecular formula is C21H13ClF3NO4. The van der Waals surface area contributed by atoms with E-state index < -0.39 is 23.6 Å². The van der Waals surface area contributed by atoms with E-state index in [-0.39, 0.29) is 33.1 Å². The molecule has 0 spiro atoms. The molecule has 30 heavy (non-hydrogen) atoms. The Labute approximate surface area is 173 Å². The van der Waals surface area contributed by atoms with Crippen molar-refractivity contribution in [3.63, 3.8) is 0 Å². The molecule has 0 radical (unpaired) electrons. The van der Waals surface area contributed by atoms with Gasteiger partial charge in [0.2, 0.25) is 0 Å². The third-order valence-electron chi connectivity index (χ3n) is 4.19. The minimum atomic E-state index is -4.69. The number of amides is 1. The fourth-order valence-corrected chi connectivity index (χ4v) is 2.90. The minimum Gasteiger partial charge on any atom is -0.507 e. The van der Waals surface area contributed by atoms with Gasteiger partial charge in [-0.1, -0.05) is 23.7 Å². The molecule has 3 aromatic rings. The van der Waals surface area contributed by atoms with E-state index in [0.29, 0.717) is 5.56 Å². The first-order valence-electron chi connectivity index (χ1n) is 8.40. The first kappa shape index (κ1) is 21.2. The van der Waals surface area contributed by atoms with Crippen molar-refractivity contribution in [3.05, 3.63) is 82.4 Å². The molecule has 0 aliphatic carbocycles. The topological polar surface area (TPSA) is 86.6 Å². The van der Waals surface area contributed by atoms with Crippen molar-refractivity contribution in [3.8, 4) is 16.9 Å².